The van der Waals surface area contributed by atoms with Crippen molar-refractivity contribution in [3.8, 4) is 0 Å². The van der Waals surface area contributed by atoms with Crippen molar-refractivity contribution in [2.45, 2.75) is 38.5 Å². The van der Waals surface area contributed by atoms with E-state index in [1.54, 1.807) is 0 Å². The topological polar surface area (TPSA) is 20.2 Å². The standard InChI is InChI=1S/C14H20O/c1-11(2)9-12-3-5-13(6-4-12)14(10-15)7-8-14/h3-6,11,15H,7-10H2,1-2H3. The van der Waals surface area contributed by atoms with Gasteiger partial charge < -0.3 is 5.11 Å². The molecule has 1 saturated carbocycles. The summed E-state index contributed by atoms with van der Waals surface area (Å²) in [4.78, 5) is 0. The highest BCUT2D eigenvalue weighted by Gasteiger charge is 2.43. The van der Waals surface area contributed by atoms with Gasteiger partial charge in [0.2, 0.25) is 0 Å². The van der Waals surface area contributed by atoms with Crippen molar-refractivity contribution in [1.82, 2.24) is 0 Å². The Kier molecular flexibility index (Phi) is 2.83. The number of benzene rings is 1. The van der Waals surface area contributed by atoms with Crippen molar-refractivity contribution in [3.63, 3.8) is 0 Å². The Balaban J connectivity index is 2.10. The summed E-state index contributed by atoms with van der Waals surface area (Å²) in [7, 11) is 0. The fraction of sp³-hybridized carbons (Fsp3) is 0.571. The van der Waals surface area contributed by atoms with Crippen molar-refractivity contribution in [2.75, 3.05) is 6.61 Å². The summed E-state index contributed by atoms with van der Waals surface area (Å²) in [5.74, 6) is 0.712. The second-order valence-corrected chi connectivity index (χ2v) is 5.23. The van der Waals surface area contributed by atoms with E-state index in [-0.39, 0.29) is 5.41 Å². The maximum Gasteiger partial charge on any atom is 0.0527 e. The Morgan fingerprint density at radius 2 is 1.80 bits per heavy atom. The lowest BCUT2D eigenvalue weighted by atomic mass is 9.94. The van der Waals surface area contributed by atoms with Crippen LogP contribution in [0.25, 0.3) is 0 Å². The zero-order valence-corrected chi connectivity index (χ0v) is 9.66. The van der Waals surface area contributed by atoms with E-state index in [9.17, 15) is 5.11 Å². The third kappa shape index (κ3) is 2.23. The Morgan fingerprint density at radius 1 is 1.20 bits per heavy atom. The molecule has 0 radical (unpaired) electrons. The van der Waals surface area contributed by atoms with Crippen LogP contribution in [0.1, 0.15) is 37.8 Å². The first-order chi connectivity index (χ1) is 7.16. The Labute approximate surface area is 92.1 Å². The van der Waals surface area contributed by atoms with Crippen LogP contribution in [0.15, 0.2) is 24.3 Å². The van der Waals surface area contributed by atoms with Gasteiger partial charge in [0.1, 0.15) is 0 Å². The molecule has 82 valence electrons. The van der Waals surface area contributed by atoms with Crippen molar-refractivity contribution in [1.29, 1.82) is 0 Å². The van der Waals surface area contributed by atoms with Crippen molar-refractivity contribution in [2.24, 2.45) is 5.92 Å². The van der Waals surface area contributed by atoms with E-state index in [2.05, 4.69) is 38.1 Å². The average molecular weight is 204 g/mol. The number of aliphatic hydroxyl groups excluding tert-OH is 1. The van der Waals surface area contributed by atoms with Gasteiger partial charge in [-0.05, 0) is 36.3 Å². The van der Waals surface area contributed by atoms with Gasteiger partial charge in [-0.25, -0.2) is 0 Å². The first kappa shape index (κ1) is 10.7. The molecule has 1 aliphatic carbocycles. The molecule has 0 spiro atoms. The SMILES string of the molecule is CC(C)Cc1ccc(C2(CO)CC2)cc1. The minimum atomic E-state index is 0.121. The van der Waals surface area contributed by atoms with Crippen LogP contribution >= 0.6 is 0 Å². The summed E-state index contributed by atoms with van der Waals surface area (Å²) in [5, 5.41) is 9.32. The summed E-state index contributed by atoms with van der Waals surface area (Å²) in [5.41, 5.74) is 2.84. The van der Waals surface area contributed by atoms with Crippen LogP contribution in [0.3, 0.4) is 0 Å². The Bertz CT molecular complexity index is 320. The molecular formula is C14H20O. The number of hydrogen-bond acceptors (Lipinski definition) is 1. The van der Waals surface area contributed by atoms with Crippen molar-refractivity contribution < 1.29 is 5.11 Å². The number of rotatable bonds is 4. The first-order valence-corrected chi connectivity index (χ1v) is 5.86. The second-order valence-electron chi connectivity index (χ2n) is 5.23. The molecule has 1 aliphatic rings. The fourth-order valence-electron chi connectivity index (χ4n) is 2.15. The molecule has 1 heteroatoms. The minimum Gasteiger partial charge on any atom is -0.395 e. The average Bonchev–Trinajstić information content (AvgIpc) is 2.99. The fourth-order valence-corrected chi connectivity index (χ4v) is 2.15. The molecule has 0 aromatic heterocycles. The summed E-state index contributed by atoms with van der Waals surface area (Å²) in [6, 6.07) is 8.82. The van der Waals surface area contributed by atoms with Crippen LogP contribution in [0, 0.1) is 5.92 Å². The Morgan fingerprint density at radius 3 is 2.20 bits per heavy atom. The van der Waals surface area contributed by atoms with Gasteiger partial charge in [0, 0.05) is 5.41 Å². The van der Waals surface area contributed by atoms with Gasteiger partial charge in [-0.1, -0.05) is 38.1 Å². The molecule has 0 saturated heterocycles. The van der Waals surface area contributed by atoms with Crippen LogP contribution in [-0.2, 0) is 11.8 Å². The van der Waals surface area contributed by atoms with Gasteiger partial charge in [0.25, 0.3) is 0 Å². The summed E-state index contributed by atoms with van der Waals surface area (Å²) in [6.07, 6.45) is 3.44. The zero-order chi connectivity index (χ0) is 10.9. The molecule has 0 unspecified atom stereocenters. The van der Waals surface area contributed by atoms with Gasteiger partial charge >= 0.3 is 0 Å². The summed E-state index contributed by atoms with van der Waals surface area (Å²) < 4.78 is 0. The molecule has 0 atom stereocenters. The molecule has 0 aliphatic heterocycles. The van der Waals surface area contributed by atoms with Crippen LogP contribution in [-0.4, -0.2) is 11.7 Å². The van der Waals surface area contributed by atoms with Crippen LogP contribution in [0.4, 0.5) is 0 Å². The third-order valence-corrected chi connectivity index (χ3v) is 3.37. The molecule has 2 rings (SSSR count). The lowest BCUT2D eigenvalue weighted by molar-refractivity contribution is 0.255. The van der Waals surface area contributed by atoms with Crippen LogP contribution in [0.2, 0.25) is 0 Å². The molecule has 1 nitrogen and oxygen atoms in total. The highest BCUT2D eigenvalue weighted by atomic mass is 16.3. The molecule has 0 heterocycles. The lowest BCUT2D eigenvalue weighted by Gasteiger charge is -2.13. The second kappa shape index (κ2) is 3.97. The zero-order valence-electron chi connectivity index (χ0n) is 9.66. The maximum absolute atomic E-state index is 9.32. The van der Waals surface area contributed by atoms with Crippen molar-refractivity contribution in [3.05, 3.63) is 35.4 Å². The largest absolute Gasteiger partial charge is 0.395 e. The van der Waals surface area contributed by atoms with E-state index >= 15 is 0 Å². The smallest absolute Gasteiger partial charge is 0.0527 e. The molecular weight excluding hydrogens is 184 g/mol. The monoisotopic (exact) mass is 204 g/mol. The van der Waals surface area contributed by atoms with Gasteiger partial charge in [-0.3, -0.25) is 0 Å². The molecule has 1 aromatic rings. The van der Waals surface area contributed by atoms with Gasteiger partial charge in [0.05, 0.1) is 6.61 Å². The van der Waals surface area contributed by atoms with Gasteiger partial charge in [-0.15, -0.1) is 0 Å². The van der Waals surface area contributed by atoms with Crippen LogP contribution < -0.4 is 0 Å². The third-order valence-electron chi connectivity index (χ3n) is 3.37. The van der Waals surface area contributed by atoms with Gasteiger partial charge in [0.15, 0.2) is 0 Å². The normalized spacial score (nSPS) is 18.1. The molecule has 1 N–H and O–H groups in total. The molecule has 1 fully saturated rings. The minimum absolute atomic E-state index is 0.121. The molecule has 0 bridgehead atoms. The van der Waals surface area contributed by atoms with E-state index in [0.29, 0.717) is 12.5 Å². The predicted octanol–water partition coefficient (Wildman–Crippen LogP) is 2.91. The number of aliphatic hydroxyl groups is 1. The highest BCUT2D eigenvalue weighted by Crippen LogP contribution is 2.47. The quantitative estimate of drug-likeness (QED) is 0.799. The maximum atomic E-state index is 9.32. The van der Waals surface area contributed by atoms with E-state index in [1.165, 1.54) is 11.1 Å². The lowest BCUT2D eigenvalue weighted by Crippen LogP contribution is -2.11. The first-order valence-electron chi connectivity index (χ1n) is 5.86. The molecule has 15 heavy (non-hydrogen) atoms. The molecule has 1 aromatic carbocycles. The van der Waals surface area contributed by atoms with E-state index in [1.807, 2.05) is 0 Å². The van der Waals surface area contributed by atoms with E-state index < -0.39 is 0 Å². The highest BCUT2D eigenvalue weighted by molar-refractivity contribution is 5.33. The predicted molar refractivity (Wildman–Crippen MR) is 63.0 cm³/mol. The van der Waals surface area contributed by atoms with Crippen LogP contribution in [0.5, 0.6) is 0 Å². The van der Waals surface area contributed by atoms with E-state index in [4.69, 9.17) is 0 Å². The van der Waals surface area contributed by atoms with Crippen molar-refractivity contribution >= 4 is 0 Å². The number of hydrogen-bond donors (Lipinski definition) is 1. The Hall–Kier alpha value is -0.820. The molecule has 0 amide bonds. The summed E-state index contributed by atoms with van der Waals surface area (Å²) in [6.45, 7) is 4.78. The van der Waals surface area contributed by atoms with E-state index in [0.717, 1.165) is 19.3 Å². The summed E-state index contributed by atoms with van der Waals surface area (Å²) >= 11 is 0. The van der Waals surface area contributed by atoms with Gasteiger partial charge in [-0.2, -0.15) is 0 Å².